The van der Waals surface area contributed by atoms with Crippen LogP contribution in [0.4, 0.5) is 10.5 Å². The molecule has 7 atom stereocenters. The van der Waals surface area contributed by atoms with E-state index in [4.69, 9.17) is 35.3 Å². The van der Waals surface area contributed by atoms with E-state index in [0.29, 0.717) is 24.3 Å². The van der Waals surface area contributed by atoms with Crippen LogP contribution < -0.4 is 15.0 Å². The Hall–Kier alpha value is -3.12. The second-order valence-electron chi connectivity index (χ2n) is 12.0. The molecule has 1 aromatic carbocycles. The Morgan fingerprint density at radius 2 is 2.00 bits per heavy atom. The van der Waals surface area contributed by atoms with Crippen molar-refractivity contribution in [3.05, 3.63) is 46.5 Å². The van der Waals surface area contributed by atoms with E-state index in [2.05, 4.69) is 5.32 Å². The van der Waals surface area contributed by atoms with E-state index < -0.39 is 53.7 Å². The van der Waals surface area contributed by atoms with E-state index >= 15 is 0 Å². The number of fused-ring (bicyclic) bond motifs is 5. The standard InChI is InChI=1S/C32H43ClN2O9/c1-8-10-27(37)43-25-16-26(36)35(5)21-14-20(15-22(40-6)28(21)33)13-18(2)11-9-12-24(41-7)32(39)17-23(42-30(38)34-32)19(3)29-31(25,4)44-29/h9,11-12,14-15,19,23-25,29,39H,8,10,13,16-17H2,1-7H3,(H,34,38)/b12-9+,18-11-/t19-,23+,24-,25+,29-,31+,32-/m0/s1. The Kier molecular flexibility index (Phi) is 10.3. The predicted molar refractivity (Wildman–Crippen MR) is 164 cm³/mol. The topological polar surface area (TPSA) is 136 Å². The number of hydrogen-bond donors (Lipinski definition) is 2. The van der Waals surface area contributed by atoms with E-state index in [1.54, 1.807) is 26.1 Å². The van der Waals surface area contributed by atoms with E-state index in [9.17, 15) is 19.5 Å². The number of epoxide rings is 1. The van der Waals surface area contributed by atoms with Gasteiger partial charge in [-0.3, -0.25) is 14.9 Å². The molecule has 11 nitrogen and oxygen atoms in total. The van der Waals surface area contributed by atoms with Crippen molar-refractivity contribution < 1.29 is 43.2 Å². The number of aliphatic hydroxyl groups is 1. The van der Waals surface area contributed by atoms with Crippen molar-refractivity contribution >= 4 is 35.3 Å². The number of nitrogens with zero attached hydrogens (tertiary/aromatic N) is 1. The number of amides is 2. The molecule has 2 N–H and O–H groups in total. The zero-order valence-electron chi connectivity index (χ0n) is 26.3. The first-order valence-corrected chi connectivity index (χ1v) is 15.2. The average Bonchev–Trinajstić information content (AvgIpc) is 3.66. The third-order valence-corrected chi connectivity index (χ3v) is 9.06. The number of alkyl carbamates (subject to hydrolysis) is 1. The van der Waals surface area contributed by atoms with Crippen LogP contribution >= 0.6 is 11.6 Å². The molecule has 242 valence electrons. The molecule has 12 heteroatoms. The normalized spacial score (nSPS) is 34.5. The van der Waals surface area contributed by atoms with Crippen LogP contribution in [0, 0.1) is 5.92 Å². The second kappa shape index (κ2) is 13.5. The van der Waals surface area contributed by atoms with Crippen molar-refractivity contribution in [1.29, 1.82) is 0 Å². The molecule has 3 aliphatic heterocycles. The fraction of sp³-hybridized carbons (Fsp3) is 0.594. The highest BCUT2D eigenvalue weighted by molar-refractivity contribution is 6.35. The molecule has 0 unspecified atom stereocenters. The van der Waals surface area contributed by atoms with Crippen LogP contribution in [-0.2, 0) is 35.0 Å². The summed E-state index contributed by atoms with van der Waals surface area (Å²) in [6, 6.07) is 3.64. The number of rotatable bonds is 5. The number of ether oxygens (including phenoxy) is 5. The van der Waals surface area contributed by atoms with E-state index in [1.807, 2.05) is 39.0 Å². The summed E-state index contributed by atoms with van der Waals surface area (Å²) >= 11 is 6.68. The molecular weight excluding hydrogens is 592 g/mol. The lowest BCUT2D eigenvalue weighted by Gasteiger charge is -2.42. The minimum atomic E-state index is -1.76. The summed E-state index contributed by atoms with van der Waals surface area (Å²) in [6.45, 7) is 7.41. The number of carbonyl (C=O) groups excluding carboxylic acids is 3. The number of halogens is 1. The van der Waals surface area contributed by atoms with Gasteiger partial charge in [0.05, 0.1) is 25.3 Å². The highest BCUT2D eigenvalue weighted by atomic mass is 35.5. The minimum absolute atomic E-state index is 0.00742. The molecule has 1 aromatic rings. The first-order valence-electron chi connectivity index (χ1n) is 14.8. The molecule has 2 saturated heterocycles. The van der Waals surface area contributed by atoms with Crippen molar-refractivity contribution in [2.45, 2.75) is 95.5 Å². The van der Waals surface area contributed by atoms with Gasteiger partial charge >= 0.3 is 12.1 Å². The number of nitrogens with one attached hydrogen (secondary N) is 1. The van der Waals surface area contributed by atoms with Gasteiger partial charge in [-0.2, -0.15) is 0 Å². The predicted octanol–water partition coefficient (Wildman–Crippen LogP) is 4.47. The lowest BCUT2D eigenvalue weighted by Crippen LogP contribution is -2.63. The van der Waals surface area contributed by atoms with E-state index in [1.165, 1.54) is 19.1 Å². The quantitative estimate of drug-likeness (QED) is 0.355. The first kappa shape index (κ1) is 33.8. The fourth-order valence-corrected chi connectivity index (χ4v) is 6.34. The summed E-state index contributed by atoms with van der Waals surface area (Å²) in [7, 11) is 4.57. The minimum Gasteiger partial charge on any atom is -0.495 e. The maximum atomic E-state index is 13.8. The van der Waals surface area contributed by atoms with Crippen LogP contribution in [-0.4, -0.2) is 80.1 Å². The van der Waals surface area contributed by atoms with Gasteiger partial charge in [0.1, 0.15) is 34.7 Å². The highest BCUT2D eigenvalue weighted by Gasteiger charge is 2.64. The molecule has 0 radical (unpaired) electrons. The maximum absolute atomic E-state index is 13.8. The van der Waals surface area contributed by atoms with Crippen LogP contribution in [0.25, 0.3) is 0 Å². The molecule has 44 heavy (non-hydrogen) atoms. The number of benzene rings is 1. The number of allylic oxidation sites excluding steroid dienone is 3. The molecule has 0 saturated carbocycles. The summed E-state index contributed by atoms with van der Waals surface area (Å²) in [5.41, 5.74) is -0.561. The third-order valence-electron chi connectivity index (χ3n) is 8.68. The van der Waals surface area contributed by atoms with Gasteiger partial charge in [-0.05, 0) is 44.4 Å². The second-order valence-corrected chi connectivity index (χ2v) is 12.4. The van der Waals surface area contributed by atoms with Gasteiger partial charge in [0.2, 0.25) is 5.91 Å². The number of carbonyl (C=O) groups is 3. The molecule has 4 bridgehead atoms. The van der Waals surface area contributed by atoms with Crippen molar-refractivity contribution in [2.24, 2.45) is 5.92 Å². The van der Waals surface area contributed by atoms with Crippen molar-refractivity contribution in [2.75, 3.05) is 26.2 Å². The zero-order valence-corrected chi connectivity index (χ0v) is 27.1. The molecular formula is C32H43ClN2O9. The Bertz CT molecular complexity index is 1330. The molecule has 3 heterocycles. The fourth-order valence-electron chi connectivity index (χ4n) is 6.03. The smallest absolute Gasteiger partial charge is 0.409 e. The van der Waals surface area contributed by atoms with Crippen molar-refractivity contribution in [1.82, 2.24) is 5.32 Å². The molecule has 0 aromatic heterocycles. The summed E-state index contributed by atoms with van der Waals surface area (Å²) in [5.74, 6) is -0.813. The molecule has 0 spiro atoms. The summed E-state index contributed by atoms with van der Waals surface area (Å²) in [6.07, 6.45) is 2.47. The van der Waals surface area contributed by atoms with Gasteiger partial charge in [-0.25, -0.2) is 4.79 Å². The van der Waals surface area contributed by atoms with Gasteiger partial charge in [0, 0.05) is 32.9 Å². The molecule has 4 rings (SSSR count). The number of hydrogen-bond acceptors (Lipinski definition) is 9. The monoisotopic (exact) mass is 634 g/mol. The van der Waals surface area contributed by atoms with Crippen molar-refractivity contribution in [3.63, 3.8) is 0 Å². The van der Waals surface area contributed by atoms with Gasteiger partial charge in [0.15, 0.2) is 5.72 Å². The molecule has 3 aliphatic rings. The molecule has 0 aliphatic carbocycles. The lowest BCUT2D eigenvalue weighted by atomic mass is 9.83. The summed E-state index contributed by atoms with van der Waals surface area (Å²) < 4.78 is 28.8. The van der Waals surface area contributed by atoms with Gasteiger partial charge < -0.3 is 33.7 Å². The molecule has 2 fully saturated rings. The zero-order chi connectivity index (χ0) is 32.4. The van der Waals surface area contributed by atoms with Crippen LogP contribution in [0.3, 0.4) is 0 Å². The Labute approximate surface area is 263 Å². The van der Waals surface area contributed by atoms with Crippen LogP contribution in [0.2, 0.25) is 5.02 Å². The Morgan fingerprint density at radius 3 is 2.66 bits per heavy atom. The van der Waals surface area contributed by atoms with E-state index in [-0.39, 0.29) is 30.2 Å². The van der Waals surface area contributed by atoms with Gasteiger partial charge in [-0.15, -0.1) is 0 Å². The summed E-state index contributed by atoms with van der Waals surface area (Å²) in [4.78, 5) is 40.6. The van der Waals surface area contributed by atoms with Crippen molar-refractivity contribution in [3.8, 4) is 5.75 Å². The van der Waals surface area contributed by atoms with Gasteiger partial charge in [-0.1, -0.05) is 49.2 Å². The number of anilines is 1. The Balaban J connectivity index is 1.79. The molecule has 2 amide bonds. The van der Waals surface area contributed by atoms with Crippen LogP contribution in [0.15, 0.2) is 35.9 Å². The average molecular weight is 635 g/mol. The largest absolute Gasteiger partial charge is 0.495 e. The van der Waals surface area contributed by atoms with Crippen LogP contribution in [0.5, 0.6) is 5.75 Å². The van der Waals surface area contributed by atoms with Gasteiger partial charge in [0.25, 0.3) is 0 Å². The third kappa shape index (κ3) is 7.06. The SMILES string of the molecule is CCCC(=O)O[C@@H]1CC(=O)N(C)c2cc(cc(OC)c2Cl)C/C(C)=C\C=C\[C@H](OC)[C@@]2(O)C[C@@H](OC(=O)N2)[C@H](C)[C@@H]2O[C@]12C. The number of esters is 1. The first-order chi connectivity index (χ1) is 20.8. The van der Waals surface area contributed by atoms with Crippen LogP contribution in [0.1, 0.15) is 58.9 Å². The maximum Gasteiger partial charge on any atom is 0.409 e. The lowest BCUT2D eigenvalue weighted by molar-refractivity contribution is -0.153. The Morgan fingerprint density at radius 1 is 1.27 bits per heavy atom. The number of methoxy groups -OCH3 is 2. The summed E-state index contributed by atoms with van der Waals surface area (Å²) in [5, 5.41) is 14.4. The highest BCUT2D eigenvalue weighted by Crippen LogP contribution is 2.49. The van der Waals surface area contributed by atoms with E-state index in [0.717, 1.165) is 11.1 Å².